The van der Waals surface area contributed by atoms with E-state index in [0.29, 0.717) is 5.92 Å². The molecule has 2 heteroatoms. The standard InChI is InChI=1S/C20H29NO/c22-16-18-8-11-19(12-9-18)20(21-14-4-5-15-21)13-10-17-6-2-1-3-7-17/h1-3,6-7,16,18-20H,4-5,8-15H2. The van der Waals surface area contributed by atoms with E-state index in [-0.39, 0.29) is 0 Å². The van der Waals surface area contributed by atoms with Crippen molar-refractivity contribution in [1.82, 2.24) is 4.90 Å². The van der Waals surface area contributed by atoms with Gasteiger partial charge in [-0.2, -0.15) is 0 Å². The van der Waals surface area contributed by atoms with Crippen LogP contribution in [0.25, 0.3) is 0 Å². The van der Waals surface area contributed by atoms with Gasteiger partial charge in [0.05, 0.1) is 0 Å². The summed E-state index contributed by atoms with van der Waals surface area (Å²) in [7, 11) is 0. The molecule has 2 fully saturated rings. The monoisotopic (exact) mass is 299 g/mol. The van der Waals surface area contributed by atoms with Crippen molar-refractivity contribution >= 4 is 6.29 Å². The van der Waals surface area contributed by atoms with Crippen LogP contribution in [0.15, 0.2) is 30.3 Å². The number of hydrogen-bond donors (Lipinski definition) is 0. The Morgan fingerprint density at radius 2 is 1.73 bits per heavy atom. The number of carbonyl (C=O) groups excluding carboxylic acids is 1. The molecule has 1 saturated carbocycles. The largest absolute Gasteiger partial charge is 0.303 e. The second-order valence-electron chi connectivity index (χ2n) is 7.15. The molecule has 0 N–H and O–H groups in total. The minimum atomic E-state index is 0.338. The zero-order valence-electron chi connectivity index (χ0n) is 13.6. The fraction of sp³-hybridized carbons (Fsp3) is 0.650. The summed E-state index contributed by atoms with van der Waals surface area (Å²) in [5.74, 6) is 1.14. The summed E-state index contributed by atoms with van der Waals surface area (Å²) in [5, 5.41) is 0. The maximum atomic E-state index is 11.0. The zero-order valence-corrected chi connectivity index (χ0v) is 13.6. The minimum absolute atomic E-state index is 0.338. The van der Waals surface area contributed by atoms with Gasteiger partial charge in [-0.3, -0.25) is 0 Å². The van der Waals surface area contributed by atoms with E-state index >= 15 is 0 Å². The molecule has 2 aliphatic rings. The molecule has 1 atom stereocenters. The molecule has 0 aromatic heterocycles. The molecule has 0 amide bonds. The SMILES string of the molecule is O=CC1CCC(C(CCc2ccccc2)N2CCCC2)CC1. The molecule has 3 rings (SSSR count). The van der Waals surface area contributed by atoms with Crippen molar-refractivity contribution < 1.29 is 4.79 Å². The Hall–Kier alpha value is -1.15. The Kier molecular flexibility index (Phi) is 5.66. The first kappa shape index (κ1) is 15.7. The van der Waals surface area contributed by atoms with Gasteiger partial charge in [-0.15, -0.1) is 0 Å². The van der Waals surface area contributed by atoms with Crippen molar-refractivity contribution in [1.29, 1.82) is 0 Å². The van der Waals surface area contributed by atoms with Crippen LogP contribution in [-0.2, 0) is 11.2 Å². The van der Waals surface area contributed by atoms with Gasteiger partial charge in [0.1, 0.15) is 6.29 Å². The van der Waals surface area contributed by atoms with Crippen LogP contribution in [0.4, 0.5) is 0 Å². The highest BCUT2D eigenvalue weighted by molar-refractivity contribution is 5.53. The lowest BCUT2D eigenvalue weighted by Gasteiger charge is -2.38. The summed E-state index contributed by atoms with van der Waals surface area (Å²) in [6, 6.07) is 11.6. The van der Waals surface area contributed by atoms with Crippen molar-refractivity contribution in [2.24, 2.45) is 11.8 Å². The fourth-order valence-corrected chi connectivity index (χ4v) is 4.41. The molecule has 0 radical (unpaired) electrons. The van der Waals surface area contributed by atoms with Gasteiger partial charge in [-0.25, -0.2) is 0 Å². The molecular formula is C20H29NO. The minimum Gasteiger partial charge on any atom is -0.303 e. The number of rotatable bonds is 6. The van der Waals surface area contributed by atoms with Gasteiger partial charge in [0.2, 0.25) is 0 Å². The molecule has 0 spiro atoms. The molecule has 2 nitrogen and oxygen atoms in total. The summed E-state index contributed by atoms with van der Waals surface area (Å²) >= 11 is 0. The van der Waals surface area contributed by atoms with Crippen LogP contribution in [0.2, 0.25) is 0 Å². The van der Waals surface area contributed by atoms with Gasteiger partial charge >= 0.3 is 0 Å². The molecule has 1 aromatic rings. The van der Waals surface area contributed by atoms with Crippen molar-refractivity contribution in [3.05, 3.63) is 35.9 Å². The Morgan fingerprint density at radius 1 is 1.05 bits per heavy atom. The summed E-state index contributed by atoms with van der Waals surface area (Å²) in [6.45, 7) is 2.57. The highest BCUT2D eigenvalue weighted by Crippen LogP contribution is 2.34. The fourth-order valence-electron chi connectivity index (χ4n) is 4.41. The van der Waals surface area contributed by atoms with Crippen LogP contribution in [0.3, 0.4) is 0 Å². The number of hydrogen-bond acceptors (Lipinski definition) is 2. The average molecular weight is 299 g/mol. The highest BCUT2D eigenvalue weighted by atomic mass is 16.1. The third kappa shape index (κ3) is 3.98. The molecule has 1 aromatic carbocycles. The molecule has 1 unspecified atom stereocenters. The maximum Gasteiger partial charge on any atom is 0.123 e. The van der Waals surface area contributed by atoms with Crippen LogP contribution >= 0.6 is 0 Å². The van der Waals surface area contributed by atoms with Crippen LogP contribution in [-0.4, -0.2) is 30.3 Å². The van der Waals surface area contributed by atoms with E-state index in [9.17, 15) is 4.79 Å². The van der Waals surface area contributed by atoms with Gasteiger partial charge in [-0.05, 0) is 75.9 Å². The smallest absolute Gasteiger partial charge is 0.123 e. The Balaban J connectivity index is 1.61. The topological polar surface area (TPSA) is 20.3 Å². The van der Waals surface area contributed by atoms with E-state index in [1.807, 2.05) is 0 Å². The number of benzene rings is 1. The van der Waals surface area contributed by atoms with E-state index in [0.717, 1.165) is 24.8 Å². The van der Waals surface area contributed by atoms with Crippen molar-refractivity contribution in [3.63, 3.8) is 0 Å². The molecule has 1 aliphatic heterocycles. The first-order valence-corrected chi connectivity index (χ1v) is 9.10. The predicted molar refractivity (Wildman–Crippen MR) is 90.9 cm³/mol. The zero-order chi connectivity index (χ0) is 15.2. The molecule has 0 bridgehead atoms. The van der Waals surface area contributed by atoms with E-state index < -0.39 is 0 Å². The second kappa shape index (κ2) is 7.92. The number of aldehydes is 1. The summed E-state index contributed by atoms with van der Waals surface area (Å²) < 4.78 is 0. The van der Waals surface area contributed by atoms with Gasteiger partial charge in [0.15, 0.2) is 0 Å². The van der Waals surface area contributed by atoms with Crippen molar-refractivity contribution in [3.8, 4) is 0 Å². The molecule has 1 aliphatic carbocycles. The Bertz CT molecular complexity index is 444. The van der Waals surface area contributed by atoms with Gasteiger partial charge in [-0.1, -0.05) is 30.3 Å². The number of likely N-dealkylation sites (tertiary alicyclic amines) is 1. The molecule has 1 saturated heterocycles. The molecular weight excluding hydrogens is 270 g/mol. The third-order valence-electron chi connectivity index (χ3n) is 5.73. The summed E-state index contributed by atoms with van der Waals surface area (Å²) in [4.78, 5) is 13.7. The normalized spacial score (nSPS) is 27.6. The van der Waals surface area contributed by atoms with E-state index in [1.165, 1.54) is 63.5 Å². The summed E-state index contributed by atoms with van der Waals surface area (Å²) in [5.41, 5.74) is 1.47. The van der Waals surface area contributed by atoms with E-state index in [1.54, 1.807) is 0 Å². The maximum absolute atomic E-state index is 11.0. The quantitative estimate of drug-likeness (QED) is 0.737. The Morgan fingerprint density at radius 3 is 2.36 bits per heavy atom. The lowest BCUT2D eigenvalue weighted by atomic mass is 9.77. The van der Waals surface area contributed by atoms with Crippen LogP contribution in [0, 0.1) is 11.8 Å². The van der Waals surface area contributed by atoms with Gasteiger partial charge < -0.3 is 9.69 Å². The van der Waals surface area contributed by atoms with Gasteiger partial charge in [0.25, 0.3) is 0 Å². The van der Waals surface area contributed by atoms with Crippen LogP contribution in [0.5, 0.6) is 0 Å². The van der Waals surface area contributed by atoms with E-state index in [2.05, 4.69) is 35.2 Å². The lowest BCUT2D eigenvalue weighted by molar-refractivity contribution is -0.112. The van der Waals surface area contributed by atoms with Crippen LogP contribution < -0.4 is 0 Å². The number of nitrogens with zero attached hydrogens (tertiary/aromatic N) is 1. The Labute approximate surface area is 134 Å². The second-order valence-corrected chi connectivity index (χ2v) is 7.15. The lowest BCUT2D eigenvalue weighted by Crippen LogP contribution is -2.40. The molecule has 22 heavy (non-hydrogen) atoms. The average Bonchev–Trinajstić information content (AvgIpc) is 3.11. The predicted octanol–water partition coefficient (Wildman–Crippen LogP) is 4.09. The van der Waals surface area contributed by atoms with Crippen molar-refractivity contribution in [2.75, 3.05) is 13.1 Å². The summed E-state index contributed by atoms with van der Waals surface area (Å²) in [6.07, 6.45) is 11.1. The first-order valence-electron chi connectivity index (χ1n) is 9.10. The first-order chi connectivity index (χ1) is 10.9. The number of carbonyl (C=O) groups is 1. The van der Waals surface area contributed by atoms with Crippen molar-refractivity contribution in [2.45, 2.75) is 57.4 Å². The number of aryl methyl sites for hydroxylation is 1. The molecule has 120 valence electrons. The third-order valence-corrected chi connectivity index (χ3v) is 5.73. The molecule has 1 heterocycles. The van der Waals surface area contributed by atoms with Gasteiger partial charge in [0, 0.05) is 12.0 Å². The van der Waals surface area contributed by atoms with Crippen LogP contribution in [0.1, 0.15) is 50.5 Å². The van der Waals surface area contributed by atoms with E-state index in [4.69, 9.17) is 0 Å². The highest BCUT2D eigenvalue weighted by Gasteiger charge is 2.32.